The number of benzene rings is 3. The molecule has 9 nitrogen and oxygen atoms in total. The van der Waals surface area contributed by atoms with Crippen molar-refractivity contribution in [2.45, 2.75) is 43.2 Å². The van der Waals surface area contributed by atoms with Crippen LogP contribution in [0.5, 0.6) is 17.2 Å². The Bertz CT molecular complexity index is 1990. The quantitative estimate of drug-likeness (QED) is 0.207. The molecule has 1 saturated carbocycles. The van der Waals surface area contributed by atoms with Gasteiger partial charge < -0.3 is 24.4 Å². The van der Waals surface area contributed by atoms with Gasteiger partial charge in [0, 0.05) is 38.0 Å². The van der Waals surface area contributed by atoms with Crippen molar-refractivity contribution in [3.05, 3.63) is 137 Å². The van der Waals surface area contributed by atoms with Crippen LogP contribution in [0.2, 0.25) is 0 Å². The van der Waals surface area contributed by atoms with Gasteiger partial charge in [0.25, 0.3) is 5.91 Å². The van der Waals surface area contributed by atoms with Crippen molar-refractivity contribution >= 4 is 11.8 Å². The van der Waals surface area contributed by atoms with Gasteiger partial charge in [-0.3, -0.25) is 9.59 Å². The molecule has 4 atom stereocenters. The first-order chi connectivity index (χ1) is 24.1. The van der Waals surface area contributed by atoms with E-state index in [4.69, 9.17) is 14.2 Å². The third-order valence-corrected chi connectivity index (χ3v) is 9.51. The van der Waals surface area contributed by atoms with Gasteiger partial charge in [0.1, 0.15) is 52.2 Å². The number of ether oxygens (including phenoxy) is 3. The molecular formula is C39H36F2N4O5. The molecule has 7 rings (SSSR count). The van der Waals surface area contributed by atoms with E-state index >= 15 is 4.39 Å². The molecule has 1 aliphatic heterocycles. The molecule has 3 aliphatic rings. The molecule has 50 heavy (non-hydrogen) atoms. The Morgan fingerprint density at radius 1 is 0.940 bits per heavy atom. The Balaban J connectivity index is 1.19. The summed E-state index contributed by atoms with van der Waals surface area (Å²) in [5.74, 6) is -1.16. The van der Waals surface area contributed by atoms with Crippen molar-refractivity contribution in [1.82, 2.24) is 20.2 Å². The average Bonchev–Trinajstić information content (AvgIpc) is 3.80. The van der Waals surface area contributed by atoms with Crippen molar-refractivity contribution in [1.29, 1.82) is 0 Å². The molecule has 1 N–H and O–H groups in total. The van der Waals surface area contributed by atoms with Gasteiger partial charge in [0.2, 0.25) is 5.91 Å². The van der Waals surface area contributed by atoms with Crippen LogP contribution in [0.3, 0.4) is 0 Å². The SMILES string of the molecule is COC1=CC(C)C(c2ccc3c(c2F)C(C(=O)N(C)C)C(c2ccc(Oc4ccc(F)cc4)cc2)O3)C=C1C(=O)NC1(c2ncccn2)CC1. The summed E-state index contributed by atoms with van der Waals surface area (Å²) in [7, 11) is 4.75. The van der Waals surface area contributed by atoms with E-state index in [1.54, 1.807) is 75.0 Å². The number of halogens is 2. The van der Waals surface area contributed by atoms with E-state index in [1.807, 2.05) is 13.0 Å². The van der Waals surface area contributed by atoms with Crippen molar-refractivity contribution in [2.24, 2.45) is 5.92 Å². The molecule has 0 radical (unpaired) electrons. The average molecular weight is 679 g/mol. The summed E-state index contributed by atoms with van der Waals surface area (Å²) in [6.07, 6.45) is 7.45. The fraction of sp³-hybridized carbons (Fsp3) is 0.282. The largest absolute Gasteiger partial charge is 0.496 e. The molecule has 256 valence electrons. The Labute approximate surface area is 288 Å². The van der Waals surface area contributed by atoms with Crippen LogP contribution >= 0.6 is 0 Å². The maximum absolute atomic E-state index is 16.9. The summed E-state index contributed by atoms with van der Waals surface area (Å²) in [5.41, 5.74) is 0.791. The fourth-order valence-corrected chi connectivity index (χ4v) is 6.70. The zero-order chi connectivity index (χ0) is 35.2. The monoisotopic (exact) mass is 678 g/mol. The first kappa shape index (κ1) is 32.9. The van der Waals surface area contributed by atoms with Crippen LogP contribution in [-0.4, -0.2) is 47.9 Å². The summed E-state index contributed by atoms with van der Waals surface area (Å²) < 4.78 is 48.0. The van der Waals surface area contributed by atoms with E-state index in [9.17, 15) is 14.0 Å². The fourth-order valence-electron chi connectivity index (χ4n) is 6.70. The number of fused-ring (bicyclic) bond motifs is 1. The van der Waals surface area contributed by atoms with Gasteiger partial charge in [-0.1, -0.05) is 31.2 Å². The first-order valence-electron chi connectivity index (χ1n) is 16.4. The number of hydrogen-bond donors (Lipinski definition) is 1. The molecule has 1 aromatic heterocycles. The number of aromatic nitrogens is 2. The van der Waals surface area contributed by atoms with Gasteiger partial charge >= 0.3 is 0 Å². The lowest BCUT2D eigenvalue weighted by Gasteiger charge is -2.28. The third kappa shape index (κ3) is 6.08. The van der Waals surface area contributed by atoms with Crippen molar-refractivity contribution < 1.29 is 32.6 Å². The zero-order valence-corrected chi connectivity index (χ0v) is 28.0. The van der Waals surface area contributed by atoms with Crippen molar-refractivity contribution in [3.63, 3.8) is 0 Å². The van der Waals surface area contributed by atoms with E-state index in [-0.39, 0.29) is 40.4 Å². The number of amides is 2. The molecule has 0 spiro atoms. The number of nitrogens with zero attached hydrogens (tertiary/aromatic N) is 3. The second-order valence-electron chi connectivity index (χ2n) is 13.1. The summed E-state index contributed by atoms with van der Waals surface area (Å²) >= 11 is 0. The smallest absolute Gasteiger partial charge is 0.255 e. The minimum Gasteiger partial charge on any atom is -0.496 e. The molecule has 0 bridgehead atoms. The van der Waals surface area contributed by atoms with E-state index < -0.39 is 29.3 Å². The number of nitrogens with one attached hydrogen (secondary N) is 1. The lowest BCUT2D eigenvalue weighted by Crippen LogP contribution is -2.38. The summed E-state index contributed by atoms with van der Waals surface area (Å²) in [6.45, 7) is 1.93. The molecule has 1 fully saturated rings. The Morgan fingerprint density at radius 3 is 2.22 bits per heavy atom. The maximum Gasteiger partial charge on any atom is 0.255 e. The van der Waals surface area contributed by atoms with Crippen LogP contribution in [0.25, 0.3) is 0 Å². The van der Waals surface area contributed by atoms with Gasteiger partial charge in [-0.15, -0.1) is 0 Å². The number of carbonyl (C=O) groups excluding carboxylic acids is 2. The third-order valence-electron chi connectivity index (χ3n) is 9.51. The number of likely N-dealkylation sites (N-methyl/N-ethyl adjacent to an activating group) is 1. The molecule has 3 aromatic carbocycles. The maximum atomic E-state index is 16.9. The van der Waals surface area contributed by atoms with Gasteiger partial charge in [-0.2, -0.15) is 0 Å². The number of hydrogen-bond acceptors (Lipinski definition) is 7. The molecular weight excluding hydrogens is 642 g/mol. The van der Waals surface area contributed by atoms with Crippen molar-refractivity contribution in [2.75, 3.05) is 21.2 Å². The zero-order valence-electron chi connectivity index (χ0n) is 28.0. The van der Waals surface area contributed by atoms with Crippen LogP contribution < -0.4 is 14.8 Å². The molecule has 0 saturated heterocycles. The highest BCUT2D eigenvalue weighted by Crippen LogP contribution is 2.51. The summed E-state index contributed by atoms with van der Waals surface area (Å²) in [4.78, 5) is 37.6. The van der Waals surface area contributed by atoms with Gasteiger partial charge in [0.15, 0.2) is 5.82 Å². The predicted molar refractivity (Wildman–Crippen MR) is 180 cm³/mol. The highest BCUT2D eigenvalue weighted by Gasteiger charge is 2.49. The topological polar surface area (TPSA) is 103 Å². The second kappa shape index (κ2) is 13.0. The highest BCUT2D eigenvalue weighted by atomic mass is 19.1. The summed E-state index contributed by atoms with van der Waals surface area (Å²) in [5, 5.41) is 3.10. The van der Waals surface area contributed by atoms with Crippen molar-refractivity contribution in [3.8, 4) is 17.2 Å². The minimum absolute atomic E-state index is 0.170. The number of carbonyl (C=O) groups is 2. The van der Waals surface area contributed by atoms with E-state index in [2.05, 4.69) is 15.3 Å². The van der Waals surface area contributed by atoms with Crippen LogP contribution in [-0.2, 0) is 19.9 Å². The molecule has 2 heterocycles. The molecule has 4 aromatic rings. The molecule has 2 aliphatic carbocycles. The van der Waals surface area contributed by atoms with Gasteiger partial charge in [-0.25, -0.2) is 18.7 Å². The van der Waals surface area contributed by atoms with Crippen LogP contribution in [0.15, 0.2) is 103 Å². The lowest BCUT2D eigenvalue weighted by atomic mass is 9.79. The van der Waals surface area contributed by atoms with Gasteiger partial charge in [0.05, 0.1) is 12.7 Å². The standard InChI is InChI=1S/C39H36F2N4O5/c1-22-20-31(48-4)29(36(46)44-39(16-17-39)38-42-18-5-19-43-38)21-28(22)27-14-15-30-32(34(27)41)33(37(47)45(2)3)35(50-30)23-6-10-25(11-7-23)49-26-12-8-24(40)9-13-26/h5-15,18-22,28,33,35H,16-17H2,1-4H3,(H,44,46). The predicted octanol–water partition coefficient (Wildman–Crippen LogP) is 6.85. The van der Waals surface area contributed by atoms with Gasteiger partial charge in [-0.05, 0) is 84.5 Å². The molecule has 2 amide bonds. The Kier molecular flexibility index (Phi) is 8.59. The van der Waals surface area contributed by atoms with E-state index in [0.29, 0.717) is 47.1 Å². The number of rotatable bonds is 9. The minimum atomic E-state index is -0.972. The van der Waals surface area contributed by atoms with Crippen LogP contribution in [0.1, 0.15) is 60.2 Å². The normalized spacial score (nSPS) is 21.6. The highest BCUT2D eigenvalue weighted by molar-refractivity contribution is 5.98. The summed E-state index contributed by atoms with van der Waals surface area (Å²) in [6, 6.07) is 17.7. The van der Waals surface area contributed by atoms with Crippen LogP contribution in [0.4, 0.5) is 8.78 Å². The Hall–Kier alpha value is -5.58. The number of allylic oxidation sites excluding steroid dienone is 2. The lowest BCUT2D eigenvalue weighted by molar-refractivity contribution is -0.131. The first-order valence-corrected chi connectivity index (χ1v) is 16.4. The van der Waals surface area contributed by atoms with E-state index in [1.165, 1.54) is 36.3 Å². The Morgan fingerprint density at radius 2 is 1.60 bits per heavy atom. The second-order valence-corrected chi connectivity index (χ2v) is 13.1. The molecule has 11 heteroatoms. The van der Waals surface area contributed by atoms with E-state index in [0.717, 1.165) is 0 Å². The van der Waals surface area contributed by atoms with Crippen LogP contribution in [0, 0.1) is 17.6 Å². The molecule has 4 unspecified atom stereocenters. The number of methoxy groups -OCH3 is 1.